The lowest BCUT2D eigenvalue weighted by Crippen LogP contribution is -2.29. The van der Waals surface area contributed by atoms with E-state index in [9.17, 15) is 23.2 Å². The fourth-order valence-corrected chi connectivity index (χ4v) is 3.24. The van der Waals surface area contributed by atoms with Crippen LogP contribution < -0.4 is 16.0 Å². The first kappa shape index (κ1) is 20.6. The predicted octanol–water partition coefficient (Wildman–Crippen LogP) is 3.32. The van der Waals surface area contributed by atoms with E-state index in [4.69, 9.17) is 10.5 Å². The normalized spacial score (nSPS) is 12.9. The molecular weight excluding hydrogens is 385 g/mol. The van der Waals surface area contributed by atoms with Crippen molar-refractivity contribution in [3.8, 4) is 11.8 Å². The molecule has 0 spiro atoms. The number of fused-ring (bicyclic) bond motifs is 3. The van der Waals surface area contributed by atoms with Gasteiger partial charge in [0.05, 0.1) is 22.2 Å². The number of hydrogen-bond acceptors (Lipinski definition) is 5. The van der Waals surface area contributed by atoms with E-state index >= 15 is 0 Å². The van der Waals surface area contributed by atoms with Gasteiger partial charge in [-0.2, -0.15) is 18.4 Å². The number of nitriles is 1. The van der Waals surface area contributed by atoms with Crippen LogP contribution in [0.4, 0.5) is 13.2 Å². The van der Waals surface area contributed by atoms with Gasteiger partial charge in [-0.05, 0) is 30.9 Å². The second-order valence-electron chi connectivity index (χ2n) is 6.89. The topological polar surface area (TPSA) is 93.9 Å². The van der Waals surface area contributed by atoms with Crippen molar-refractivity contribution < 1.29 is 17.9 Å². The minimum atomic E-state index is -4.29. The molecular formula is C20H19F3N4O2. The summed E-state index contributed by atoms with van der Waals surface area (Å²) in [6.07, 6.45) is -3.99. The van der Waals surface area contributed by atoms with Gasteiger partial charge in [0.15, 0.2) is 0 Å². The number of ether oxygens (including phenoxy) is 1. The Bertz CT molecular complexity index is 1180. The lowest BCUT2D eigenvalue weighted by atomic mass is 10.0. The number of pyridine rings is 2. The first-order chi connectivity index (χ1) is 13.6. The Kier molecular flexibility index (Phi) is 5.48. The van der Waals surface area contributed by atoms with Crippen molar-refractivity contribution in [2.24, 2.45) is 12.8 Å². The van der Waals surface area contributed by atoms with E-state index in [1.807, 2.05) is 6.07 Å². The second kappa shape index (κ2) is 7.72. The van der Waals surface area contributed by atoms with Gasteiger partial charge < -0.3 is 15.0 Å². The number of halogens is 3. The predicted molar refractivity (Wildman–Crippen MR) is 103 cm³/mol. The molecule has 6 nitrogen and oxygen atoms in total. The molecule has 0 radical (unpaired) electrons. The van der Waals surface area contributed by atoms with Gasteiger partial charge in [-0.1, -0.05) is 0 Å². The molecule has 3 aromatic rings. The molecule has 0 fully saturated rings. The number of hydrogen-bond donors (Lipinski definition) is 1. The van der Waals surface area contributed by atoms with Crippen LogP contribution in [0, 0.1) is 18.3 Å². The number of nitrogens with two attached hydrogens (primary N) is 1. The molecule has 3 rings (SSSR count). The highest BCUT2D eigenvalue weighted by Gasteiger charge is 2.27. The van der Waals surface area contributed by atoms with Gasteiger partial charge in [0.25, 0.3) is 5.56 Å². The number of benzene rings is 1. The van der Waals surface area contributed by atoms with Crippen LogP contribution in [0.2, 0.25) is 0 Å². The van der Waals surface area contributed by atoms with Crippen LogP contribution in [0.5, 0.6) is 5.75 Å². The molecule has 2 aromatic heterocycles. The molecule has 0 aliphatic rings. The molecule has 152 valence electrons. The Balaban J connectivity index is 2.02. The minimum absolute atomic E-state index is 0.169. The summed E-state index contributed by atoms with van der Waals surface area (Å²) < 4.78 is 44.0. The van der Waals surface area contributed by atoms with Crippen LogP contribution in [-0.2, 0) is 7.05 Å². The molecule has 0 aliphatic heterocycles. The number of aryl methyl sites for hydroxylation is 2. The summed E-state index contributed by atoms with van der Waals surface area (Å²) in [5, 5.41) is 11.3. The molecule has 1 aromatic carbocycles. The first-order valence-electron chi connectivity index (χ1n) is 8.89. The lowest BCUT2D eigenvalue weighted by Gasteiger charge is -2.17. The third-order valence-corrected chi connectivity index (χ3v) is 4.78. The fourth-order valence-electron chi connectivity index (χ4n) is 3.24. The quantitative estimate of drug-likeness (QED) is 0.659. The van der Waals surface area contributed by atoms with Gasteiger partial charge in [-0.25, -0.2) is 0 Å². The van der Waals surface area contributed by atoms with Gasteiger partial charge in [0, 0.05) is 37.2 Å². The monoisotopic (exact) mass is 404 g/mol. The maximum absolute atomic E-state index is 12.8. The number of aromatic nitrogens is 2. The van der Waals surface area contributed by atoms with Crippen molar-refractivity contribution >= 4 is 21.7 Å². The fraction of sp³-hybridized carbons (Fsp3) is 0.350. The zero-order valence-electron chi connectivity index (χ0n) is 15.9. The molecule has 2 heterocycles. The largest absolute Gasteiger partial charge is 0.491 e. The highest BCUT2D eigenvalue weighted by atomic mass is 19.4. The molecule has 0 saturated heterocycles. The Hall–Kier alpha value is -3.12. The van der Waals surface area contributed by atoms with E-state index in [0.717, 1.165) is 0 Å². The van der Waals surface area contributed by atoms with Gasteiger partial charge in [0.2, 0.25) is 0 Å². The highest BCUT2D eigenvalue weighted by Crippen LogP contribution is 2.30. The average molecular weight is 404 g/mol. The molecule has 0 bridgehead atoms. The van der Waals surface area contributed by atoms with E-state index in [0.29, 0.717) is 27.4 Å². The van der Waals surface area contributed by atoms with Crippen LogP contribution in [0.1, 0.15) is 24.1 Å². The molecule has 0 amide bonds. The van der Waals surface area contributed by atoms with Crippen LogP contribution in [0.25, 0.3) is 21.7 Å². The van der Waals surface area contributed by atoms with Crippen molar-refractivity contribution in [1.29, 1.82) is 5.26 Å². The maximum atomic E-state index is 12.8. The van der Waals surface area contributed by atoms with Gasteiger partial charge >= 0.3 is 6.18 Å². The lowest BCUT2D eigenvalue weighted by molar-refractivity contribution is -0.136. The van der Waals surface area contributed by atoms with E-state index in [1.54, 1.807) is 38.4 Å². The van der Waals surface area contributed by atoms with Crippen molar-refractivity contribution in [2.45, 2.75) is 32.0 Å². The molecule has 9 heteroatoms. The summed E-state index contributed by atoms with van der Waals surface area (Å²) in [5.74, 6) is 0.169. The molecule has 29 heavy (non-hydrogen) atoms. The number of nitrogens with zero attached hydrogens (tertiary/aromatic N) is 3. The van der Waals surface area contributed by atoms with Crippen molar-refractivity contribution in [1.82, 2.24) is 9.55 Å². The van der Waals surface area contributed by atoms with Crippen molar-refractivity contribution in [3.63, 3.8) is 0 Å². The van der Waals surface area contributed by atoms with Gasteiger partial charge in [-0.3, -0.25) is 9.78 Å². The Labute approximate surface area is 164 Å². The molecule has 1 atom stereocenters. The standard InChI is InChI=1S/C20H19F3N4O2/c1-11-18-14(4-6-26-11)15-7-12(9-24)17(8-16(15)27(2)19(18)28)29-10-13(25)3-5-20(21,22)23/h4,6-8,13H,3,5,10,25H2,1-2H3. The minimum Gasteiger partial charge on any atom is -0.491 e. The third kappa shape index (κ3) is 4.17. The van der Waals surface area contributed by atoms with Crippen molar-refractivity contribution in [2.75, 3.05) is 6.61 Å². The SMILES string of the molecule is Cc1nccc2c1c(=O)n(C)c1cc(OCC(N)CCC(F)(F)F)c(C#N)cc21. The first-order valence-corrected chi connectivity index (χ1v) is 8.89. The Morgan fingerprint density at radius 1 is 1.34 bits per heavy atom. The molecule has 2 N–H and O–H groups in total. The number of rotatable bonds is 5. The van der Waals surface area contributed by atoms with E-state index in [-0.39, 0.29) is 29.9 Å². The maximum Gasteiger partial charge on any atom is 0.389 e. The summed E-state index contributed by atoms with van der Waals surface area (Å²) >= 11 is 0. The smallest absolute Gasteiger partial charge is 0.389 e. The van der Waals surface area contributed by atoms with Gasteiger partial charge in [-0.15, -0.1) is 0 Å². The second-order valence-corrected chi connectivity index (χ2v) is 6.89. The highest BCUT2D eigenvalue weighted by molar-refractivity contribution is 6.07. The van der Waals surface area contributed by atoms with E-state index < -0.39 is 18.6 Å². The van der Waals surface area contributed by atoms with Crippen LogP contribution in [0.3, 0.4) is 0 Å². The third-order valence-electron chi connectivity index (χ3n) is 4.78. The number of alkyl halides is 3. The van der Waals surface area contributed by atoms with E-state index in [2.05, 4.69) is 4.98 Å². The molecule has 0 aliphatic carbocycles. The van der Waals surface area contributed by atoms with Crippen LogP contribution >= 0.6 is 0 Å². The van der Waals surface area contributed by atoms with Crippen LogP contribution in [0.15, 0.2) is 29.2 Å². The summed E-state index contributed by atoms with van der Waals surface area (Å²) in [4.78, 5) is 16.9. The summed E-state index contributed by atoms with van der Waals surface area (Å²) in [6, 6.07) is 6.05. The molecule has 0 saturated carbocycles. The van der Waals surface area contributed by atoms with Gasteiger partial charge in [0.1, 0.15) is 18.4 Å². The summed E-state index contributed by atoms with van der Waals surface area (Å²) in [5.41, 5.74) is 6.79. The molecule has 1 unspecified atom stereocenters. The van der Waals surface area contributed by atoms with E-state index in [1.165, 1.54) is 4.57 Å². The van der Waals surface area contributed by atoms with Crippen molar-refractivity contribution in [3.05, 3.63) is 46.0 Å². The average Bonchev–Trinajstić information content (AvgIpc) is 2.67. The Morgan fingerprint density at radius 3 is 2.72 bits per heavy atom. The zero-order valence-corrected chi connectivity index (χ0v) is 15.9. The zero-order chi connectivity index (χ0) is 21.3. The van der Waals surface area contributed by atoms with Crippen LogP contribution in [-0.4, -0.2) is 28.4 Å². The Morgan fingerprint density at radius 2 is 2.07 bits per heavy atom. The summed E-state index contributed by atoms with van der Waals surface area (Å²) in [6.45, 7) is 1.56. The summed E-state index contributed by atoms with van der Waals surface area (Å²) in [7, 11) is 1.60.